The molecule has 2 rings (SSSR count). The van der Waals surface area contributed by atoms with Crippen molar-refractivity contribution >= 4 is 5.82 Å². The Morgan fingerprint density at radius 2 is 2.18 bits per heavy atom. The van der Waals surface area contributed by atoms with Crippen molar-refractivity contribution in [3.63, 3.8) is 0 Å². The van der Waals surface area contributed by atoms with Gasteiger partial charge in [-0.25, -0.2) is 0 Å². The van der Waals surface area contributed by atoms with Crippen LogP contribution in [-0.4, -0.2) is 10.1 Å². The van der Waals surface area contributed by atoms with E-state index in [0.29, 0.717) is 5.82 Å². The summed E-state index contributed by atoms with van der Waals surface area (Å²) in [7, 11) is 0. The summed E-state index contributed by atoms with van der Waals surface area (Å²) in [5.41, 5.74) is 7.51. The van der Waals surface area contributed by atoms with Gasteiger partial charge in [-0.15, -0.1) is 0 Å². The first-order chi connectivity index (χ1) is 8.33. The first-order valence-electron chi connectivity index (χ1n) is 5.98. The van der Waals surface area contributed by atoms with Crippen LogP contribution >= 0.6 is 0 Å². The molecule has 0 aliphatic carbocycles. The molecule has 4 nitrogen and oxygen atoms in total. The van der Waals surface area contributed by atoms with Gasteiger partial charge in [0, 0.05) is 12.6 Å². The maximum absolute atomic E-state index is 5.83. The number of aryl methyl sites for hydroxylation is 1. The summed E-state index contributed by atoms with van der Waals surface area (Å²) in [5.74, 6) is 1.27. The van der Waals surface area contributed by atoms with Crippen molar-refractivity contribution in [1.82, 2.24) is 10.1 Å². The van der Waals surface area contributed by atoms with Gasteiger partial charge in [-0.1, -0.05) is 31.0 Å². The maximum Gasteiger partial charge on any atom is 0.176 e. The molecule has 0 saturated heterocycles. The van der Waals surface area contributed by atoms with Crippen LogP contribution in [0, 0.1) is 0 Å². The number of nitrogen functional groups attached to an aromatic ring is 1. The van der Waals surface area contributed by atoms with Crippen molar-refractivity contribution < 1.29 is 4.52 Å². The SMILES string of the molecule is CCCCCc1onc(N)c1-c1ccccn1. The molecule has 0 amide bonds. The Morgan fingerprint density at radius 3 is 2.88 bits per heavy atom. The van der Waals surface area contributed by atoms with Gasteiger partial charge in [0.2, 0.25) is 0 Å². The van der Waals surface area contributed by atoms with Gasteiger partial charge in [0.25, 0.3) is 0 Å². The van der Waals surface area contributed by atoms with Gasteiger partial charge in [-0.05, 0) is 18.6 Å². The fourth-order valence-corrected chi connectivity index (χ4v) is 1.83. The van der Waals surface area contributed by atoms with Crippen LogP contribution in [0.4, 0.5) is 5.82 Å². The lowest BCUT2D eigenvalue weighted by Gasteiger charge is -2.01. The van der Waals surface area contributed by atoms with Crippen molar-refractivity contribution in [1.29, 1.82) is 0 Å². The minimum absolute atomic E-state index is 0.426. The van der Waals surface area contributed by atoms with Crippen LogP contribution in [0.15, 0.2) is 28.9 Å². The Hall–Kier alpha value is -1.84. The third-order valence-electron chi connectivity index (χ3n) is 2.72. The second kappa shape index (κ2) is 5.48. The molecule has 0 spiro atoms. The molecule has 2 N–H and O–H groups in total. The monoisotopic (exact) mass is 231 g/mol. The van der Waals surface area contributed by atoms with E-state index in [2.05, 4.69) is 17.1 Å². The average molecular weight is 231 g/mol. The van der Waals surface area contributed by atoms with Crippen LogP contribution in [0.5, 0.6) is 0 Å². The summed E-state index contributed by atoms with van der Waals surface area (Å²) in [5, 5.41) is 3.83. The molecule has 0 radical (unpaired) electrons. The second-order valence-electron chi connectivity index (χ2n) is 4.04. The Bertz CT molecular complexity index is 465. The summed E-state index contributed by atoms with van der Waals surface area (Å²) in [6, 6.07) is 5.74. The fraction of sp³-hybridized carbons (Fsp3) is 0.385. The minimum atomic E-state index is 0.426. The quantitative estimate of drug-likeness (QED) is 0.803. The van der Waals surface area contributed by atoms with Crippen molar-refractivity contribution in [2.45, 2.75) is 32.6 Å². The summed E-state index contributed by atoms with van der Waals surface area (Å²) in [6.45, 7) is 2.18. The first-order valence-corrected chi connectivity index (χ1v) is 5.98. The Kier molecular flexibility index (Phi) is 3.75. The van der Waals surface area contributed by atoms with E-state index in [1.807, 2.05) is 18.2 Å². The highest BCUT2D eigenvalue weighted by Gasteiger charge is 2.15. The standard InChI is InChI=1S/C13H17N3O/c1-2-3-4-8-11-12(13(14)16-17-11)10-7-5-6-9-15-10/h5-7,9H,2-4,8H2,1H3,(H2,14,16). The number of nitrogens with two attached hydrogens (primary N) is 1. The smallest absolute Gasteiger partial charge is 0.176 e. The van der Waals surface area contributed by atoms with Crippen LogP contribution in [0.2, 0.25) is 0 Å². The van der Waals surface area contributed by atoms with E-state index in [1.54, 1.807) is 6.20 Å². The van der Waals surface area contributed by atoms with E-state index in [-0.39, 0.29) is 0 Å². The number of anilines is 1. The van der Waals surface area contributed by atoms with E-state index in [4.69, 9.17) is 10.3 Å². The summed E-state index contributed by atoms with van der Waals surface area (Å²) in [4.78, 5) is 4.29. The lowest BCUT2D eigenvalue weighted by Crippen LogP contribution is -1.92. The zero-order valence-electron chi connectivity index (χ0n) is 10.0. The highest BCUT2D eigenvalue weighted by Crippen LogP contribution is 2.28. The lowest BCUT2D eigenvalue weighted by atomic mass is 10.1. The highest BCUT2D eigenvalue weighted by atomic mass is 16.5. The number of unbranched alkanes of at least 4 members (excludes halogenated alkanes) is 2. The number of rotatable bonds is 5. The predicted octanol–water partition coefficient (Wildman–Crippen LogP) is 3.05. The Balaban J connectivity index is 2.24. The van der Waals surface area contributed by atoms with Gasteiger partial charge in [-0.3, -0.25) is 4.98 Å². The minimum Gasteiger partial charge on any atom is -0.380 e. The zero-order valence-corrected chi connectivity index (χ0v) is 10.0. The predicted molar refractivity (Wildman–Crippen MR) is 67.4 cm³/mol. The number of hydrogen-bond acceptors (Lipinski definition) is 4. The molecular formula is C13H17N3O. The van der Waals surface area contributed by atoms with E-state index >= 15 is 0 Å². The fourth-order valence-electron chi connectivity index (χ4n) is 1.83. The van der Waals surface area contributed by atoms with Crippen LogP contribution in [-0.2, 0) is 6.42 Å². The first kappa shape index (κ1) is 11.6. The van der Waals surface area contributed by atoms with Crippen molar-refractivity contribution in [3.05, 3.63) is 30.2 Å². The van der Waals surface area contributed by atoms with Crippen LogP contribution in [0.3, 0.4) is 0 Å². The molecule has 0 bridgehead atoms. The van der Waals surface area contributed by atoms with Crippen LogP contribution < -0.4 is 5.73 Å². The number of nitrogens with zero attached hydrogens (tertiary/aromatic N) is 2. The van der Waals surface area contributed by atoms with Crippen LogP contribution in [0.1, 0.15) is 31.9 Å². The number of hydrogen-bond donors (Lipinski definition) is 1. The third-order valence-corrected chi connectivity index (χ3v) is 2.72. The molecule has 2 heterocycles. The molecule has 0 fully saturated rings. The number of pyridine rings is 1. The van der Waals surface area contributed by atoms with Crippen molar-refractivity contribution in [3.8, 4) is 11.3 Å². The molecule has 0 aliphatic heterocycles. The largest absolute Gasteiger partial charge is 0.380 e. The summed E-state index contributed by atoms with van der Waals surface area (Å²) < 4.78 is 5.28. The second-order valence-corrected chi connectivity index (χ2v) is 4.04. The molecule has 2 aromatic heterocycles. The van der Waals surface area contributed by atoms with Crippen molar-refractivity contribution in [2.24, 2.45) is 0 Å². The summed E-state index contributed by atoms with van der Waals surface area (Å²) >= 11 is 0. The van der Waals surface area contributed by atoms with E-state index in [9.17, 15) is 0 Å². The topological polar surface area (TPSA) is 64.9 Å². The summed E-state index contributed by atoms with van der Waals surface area (Å²) in [6.07, 6.45) is 6.07. The van der Waals surface area contributed by atoms with Gasteiger partial charge < -0.3 is 10.3 Å². The van der Waals surface area contributed by atoms with Gasteiger partial charge in [0.15, 0.2) is 5.82 Å². The van der Waals surface area contributed by atoms with E-state index in [1.165, 1.54) is 12.8 Å². The molecule has 2 aromatic rings. The molecule has 0 atom stereocenters. The van der Waals surface area contributed by atoms with E-state index < -0.39 is 0 Å². The molecule has 0 unspecified atom stereocenters. The van der Waals surface area contributed by atoms with Gasteiger partial charge in [-0.2, -0.15) is 0 Å². The molecular weight excluding hydrogens is 214 g/mol. The van der Waals surface area contributed by atoms with Gasteiger partial charge >= 0.3 is 0 Å². The molecule has 17 heavy (non-hydrogen) atoms. The average Bonchev–Trinajstić information content (AvgIpc) is 2.72. The molecule has 0 aliphatic rings. The normalized spacial score (nSPS) is 10.6. The Labute approximate surface area is 101 Å². The maximum atomic E-state index is 5.83. The van der Waals surface area contributed by atoms with E-state index in [0.717, 1.165) is 29.9 Å². The Morgan fingerprint density at radius 1 is 1.29 bits per heavy atom. The third kappa shape index (κ3) is 2.64. The van der Waals surface area contributed by atoms with Crippen molar-refractivity contribution in [2.75, 3.05) is 5.73 Å². The molecule has 90 valence electrons. The van der Waals surface area contributed by atoms with Crippen LogP contribution in [0.25, 0.3) is 11.3 Å². The van der Waals surface area contributed by atoms with Gasteiger partial charge in [0.05, 0.1) is 11.3 Å². The highest BCUT2D eigenvalue weighted by molar-refractivity contribution is 5.72. The number of aromatic nitrogens is 2. The molecule has 0 saturated carbocycles. The lowest BCUT2D eigenvalue weighted by molar-refractivity contribution is 0.382. The van der Waals surface area contributed by atoms with Gasteiger partial charge in [0.1, 0.15) is 5.76 Å². The zero-order chi connectivity index (χ0) is 12.1. The molecule has 4 heteroatoms. The molecule has 0 aromatic carbocycles.